The normalized spacial score (nSPS) is 13.4. The van der Waals surface area contributed by atoms with E-state index in [0.717, 1.165) is 0 Å². The molecule has 0 nitrogen and oxygen atoms in total. The summed E-state index contributed by atoms with van der Waals surface area (Å²) in [6.07, 6.45) is 0. The molecule has 0 aliphatic rings. The lowest BCUT2D eigenvalue weighted by molar-refractivity contribution is 0.697. The van der Waals surface area contributed by atoms with Gasteiger partial charge in [-0.2, -0.15) is 0 Å². The van der Waals surface area contributed by atoms with E-state index in [0.29, 0.717) is 0 Å². The Morgan fingerprint density at radius 3 is 0.833 bits per heavy atom. The molecule has 0 aromatic rings. The minimum Gasteiger partial charge on any atom is -0.297 e. The molecular weight excluding hydrogens is 262 g/mol. The van der Waals surface area contributed by atoms with Crippen molar-refractivity contribution in [3.8, 4) is 11.1 Å². The van der Waals surface area contributed by atoms with Crippen molar-refractivity contribution in [1.29, 1.82) is 0 Å². The molecule has 0 radical (unpaired) electrons. The van der Waals surface area contributed by atoms with Gasteiger partial charge < -0.3 is 0 Å². The molecule has 0 aliphatic heterocycles. The average molecular weight is 291 g/mol. The predicted octanol–water partition coefficient (Wildman–Crippen LogP) is 5.54. The predicted molar refractivity (Wildman–Crippen MR) is 81.9 cm³/mol. The number of hydrogen-bond acceptors (Lipinski definition) is 0. The second-order valence-corrected chi connectivity index (χ2v) is 14.6. The molecule has 18 heavy (non-hydrogen) atoms. The van der Waals surface area contributed by atoms with E-state index in [1.807, 2.05) is 55.4 Å². The Balaban J connectivity index is 5.47. The topological polar surface area (TPSA) is 0 Å². The van der Waals surface area contributed by atoms with Crippen molar-refractivity contribution in [2.24, 2.45) is 0 Å². The van der Waals surface area contributed by atoms with Gasteiger partial charge in [0.25, 0.3) is 0 Å². The Hall–Kier alpha value is -0.146. The van der Waals surface area contributed by atoms with E-state index >= 15 is 0 Å². The van der Waals surface area contributed by atoms with Crippen molar-refractivity contribution in [3.05, 3.63) is 0 Å². The van der Waals surface area contributed by atoms with Gasteiger partial charge in [0, 0.05) is 0 Å². The Morgan fingerprint density at radius 1 is 0.556 bits per heavy atom. The van der Waals surface area contributed by atoms with Crippen LogP contribution >= 0.6 is 0 Å². The first kappa shape index (κ1) is 17.9. The largest absolute Gasteiger partial charge is 0.327 e. The van der Waals surface area contributed by atoms with Crippen LogP contribution in [0.5, 0.6) is 0 Å². The highest BCUT2D eigenvalue weighted by Gasteiger charge is 2.44. The maximum atomic E-state index is 14.9. The fraction of sp³-hybridized carbons (Fsp3) is 0.857. The average Bonchev–Trinajstić information content (AvgIpc) is 2.23. The number of rotatable bonds is 4. The summed E-state index contributed by atoms with van der Waals surface area (Å²) in [5, 5.41) is 0. The van der Waals surface area contributed by atoms with Crippen LogP contribution in [0.3, 0.4) is 0 Å². The number of hydrogen-bond donors (Lipinski definition) is 0. The first-order chi connectivity index (χ1) is 7.98. The van der Waals surface area contributed by atoms with Crippen molar-refractivity contribution in [1.82, 2.24) is 0 Å². The highest BCUT2D eigenvalue weighted by atomic mass is 28.4. The van der Waals surface area contributed by atoms with Crippen LogP contribution in [0.15, 0.2) is 0 Å². The van der Waals surface area contributed by atoms with E-state index in [-0.39, 0.29) is 22.2 Å². The molecular formula is C14H28F2Si2. The molecule has 0 aromatic carbocycles. The molecule has 0 aromatic heterocycles. The van der Waals surface area contributed by atoms with Crippen LogP contribution in [0.1, 0.15) is 55.4 Å². The van der Waals surface area contributed by atoms with Gasteiger partial charge >= 0.3 is 16.8 Å². The third-order valence-electron chi connectivity index (χ3n) is 3.81. The molecule has 0 heterocycles. The van der Waals surface area contributed by atoms with E-state index in [9.17, 15) is 8.22 Å². The Labute approximate surface area is 114 Å². The molecule has 0 bridgehead atoms. The summed E-state index contributed by atoms with van der Waals surface area (Å²) in [6.45, 7) is 14.9. The second kappa shape index (κ2) is 6.34. The maximum absolute atomic E-state index is 14.9. The van der Waals surface area contributed by atoms with E-state index in [4.69, 9.17) is 0 Å². The quantitative estimate of drug-likeness (QED) is 0.362. The second-order valence-electron chi connectivity index (χ2n) is 6.40. The van der Waals surface area contributed by atoms with E-state index < -0.39 is 16.8 Å². The van der Waals surface area contributed by atoms with Gasteiger partial charge in [-0.25, -0.2) is 0 Å². The first-order valence-electron chi connectivity index (χ1n) is 6.90. The van der Waals surface area contributed by atoms with Crippen LogP contribution in [0.2, 0.25) is 22.2 Å². The van der Waals surface area contributed by atoms with Crippen molar-refractivity contribution >= 4 is 16.8 Å². The molecule has 4 heteroatoms. The van der Waals surface area contributed by atoms with Gasteiger partial charge in [0.2, 0.25) is 0 Å². The van der Waals surface area contributed by atoms with Crippen molar-refractivity contribution in [3.63, 3.8) is 0 Å². The van der Waals surface area contributed by atoms with Crippen molar-refractivity contribution in [2.75, 3.05) is 0 Å². The highest BCUT2D eigenvalue weighted by Crippen LogP contribution is 2.36. The smallest absolute Gasteiger partial charge is 0.297 e. The molecule has 0 fully saturated rings. The van der Waals surface area contributed by atoms with Crippen LogP contribution in [-0.2, 0) is 0 Å². The van der Waals surface area contributed by atoms with Gasteiger partial charge in [-0.05, 0) is 22.2 Å². The third kappa shape index (κ3) is 3.67. The molecule has 0 saturated carbocycles. The zero-order valence-electron chi connectivity index (χ0n) is 13.1. The zero-order valence-corrected chi connectivity index (χ0v) is 15.1. The van der Waals surface area contributed by atoms with Gasteiger partial charge in [0.1, 0.15) is 0 Å². The summed E-state index contributed by atoms with van der Waals surface area (Å²) in [7, 11) is -6.34. The molecule has 0 spiro atoms. The Morgan fingerprint density at radius 2 is 0.722 bits per heavy atom. The zero-order chi connectivity index (χ0) is 14.7. The Bertz CT molecular complexity index is 278. The minimum absolute atomic E-state index is 0.0809. The van der Waals surface area contributed by atoms with Crippen LogP contribution in [0, 0.1) is 11.1 Å². The number of halogens is 2. The van der Waals surface area contributed by atoms with Gasteiger partial charge in [0.05, 0.1) is 0 Å². The molecule has 0 saturated heterocycles. The van der Waals surface area contributed by atoms with Crippen molar-refractivity contribution in [2.45, 2.75) is 77.6 Å². The van der Waals surface area contributed by atoms with Crippen LogP contribution in [0.25, 0.3) is 0 Å². The summed E-state index contributed by atoms with van der Waals surface area (Å²) >= 11 is 0. The fourth-order valence-corrected chi connectivity index (χ4v) is 7.46. The summed E-state index contributed by atoms with van der Waals surface area (Å²) < 4.78 is 29.8. The monoisotopic (exact) mass is 290 g/mol. The van der Waals surface area contributed by atoms with Crippen LogP contribution < -0.4 is 0 Å². The molecule has 0 aliphatic carbocycles. The molecule has 0 N–H and O–H groups in total. The Kier molecular flexibility index (Phi) is 6.29. The van der Waals surface area contributed by atoms with Gasteiger partial charge in [-0.3, -0.25) is 8.22 Å². The van der Waals surface area contributed by atoms with Crippen molar-refractivity contribution < 1.29 is 8.22 Å². The fourth-order valence-electron chi connectivity index (χ4n) is 2.10. The SMILES string of the molecule is CC(C)[Si](F)(C#C[Si](F)(C(C)C)C(C)C)C(C)C. The van der Waals surface area contributed by atoms with Gasteiger partial charge in [-0.1, -0.05) is 66.5 Å². The van der Waals surface area contributed by atoms with Gasteiger partial charge in [0.15, 0.2) is 0 Å². The van der Waals surface area contributed by atoms with Crippen LogP contribution in [-0.4, -0.2) is 16.8 Å². The van der Waals surface area contributed by atoms with Gasteiger partial charge in [-0.15, -0.1) is 0 Å². The standard InChI is InChI=1S/C14H28F2Si2/c1-11(2)17(15,12(3)4)9-10-18(16,13(5)6)14(7)8/h11-14H,1-8H3. The van der Waals surface area contributed by atoms with Crippen LogP contribution in [0.4, 0.5) is 8.22 Å². The summed E-state index contributed by atoms with van der Waals surface area (Å²) in [6, 6.07) is 0. The summed E-state index contributed by atoms with van der Waals surface area (Å²) in [4.78, 5) is 0. The maximum Gasteiger partial charge on any atom is 0.327 e. The molecule has 106 valence electrons. The molecule has 0 unspecified atom stereocenters. The lowest BCUT2D eigenvalue weighted by Gasteiger charge is -2.27. The summed E-state index contributed by atoms with van der Waals surface area (Å²) in [5.74, 6) is 0. The summed E-state index contributed by atoms with van der Waals surface area (Å²) in [5.41, 5.74) is 5.29. The molecule has 0 atom stereocenters. The lowest BCUT2D eigenvalue weighted by Crippen LogP contribution is -2.39. The minimum atomic E-state index is -3.17. The van der Waals surface area contributed by atoms with E-state index in [2.05, 4.69) is 11.1 Å². The third-order valence-corrected chi connectivity index (χ3v) is 11.8. The lowest BCUT2D eigenvalue weighted by atomic mass is 10.5. The van der Waals surface area contributed by atoms with E-state index in [1.54, 1.807) is 0 Å². The first-order valence-corrected chi connectivity index (χ1v) is 11.0. The highest BCUT2D eigenvalue weighted by molar-refractivity contribution is 6.88. The molecule has 0 amide bonds. The molecule has 0 rings (SSSR count). The van der Waals surface area contributed by atoms with E-state index in [1.165, 1.54) is 0 Å².